The van der Waals surface area contributed by atoms with E-state index in [-0.39, 0.29) is 16.4 Å². The van der Waals surface area contributed by atoms with E-state index in [1.165, 1.54) is 6.20 Å². The van der Waals surface area contributed by atoms with Crippen LogP contribution in [0.2, 0.25) is 15.1 Å². The largest absolute Gasteiger partial charge is 0.437 e. The zero-order valence-electron chi connectivity index (χ0n) is 26.3. The third kappa shape index (κ3) is 9.01. The van der Waals surface area contributed by atoms with E-state index < -0.39 is 37.5 Å². The first-order valence-electron chi connectivity index (χ1n) is 14.2. The molecular formula is C34H28Cl3F3N4O4S. The summed E-state index contributed by atoms with van der Waals surface area (Å²) >= 11 is 17.6. The number of anilines is 2. The first kappa shape index (κ1) is 37.5. The molecule has 0 fully saturated rings. The molecule has 0 bridgehead atoms. The van der Waals surface area contributed by atoms with Crippen LogP contribution in [0.25, 0.3) is 0 Å². The number of carbonyl (C=O) groups is 1. The van der Waals surface area contributed by atoms with Gasteiger partial charge in [-0.2, -0.15) is 13.2 Å². The molecule has 0 saturated heterocycles. The Labute approximate surface area is 296 Å². The molecule has 0 atom stereocenters. The van der Waals surface area contributed by atoms with Gasteiger partial charge in [0, 0.05) is 18.0 Å². The number of ether oxygens (including phenoxy) is 1. The molecule has 0 saturated carbocycles. The van der Waals surface area contributed by atoms with Crippen molar-refractivity contribution in [1.29, 1.82) is 0 Å². The second-order valence-electron chi connectivity index (χ2n) is 10.8. The van der Waals surface area contributed by atoms with Crippen LogP contribution in [0, 0.1) is 27.7 Å². The quantitative estimate of drug-likeness (QED) is 0.159. The highest BCUT2D eigenvalue weighted by Crippen LogP contribution is 2.35. The summed E-state index contributed by atoms with van der Waals surface area (Å²) in [5, 5.41) is 0.0790. The van der Waals surface area contributed by atoms with Gasteiger partial charge in [-0.1, -0.05) is 71.2 Å². The zero-order valence-corrected chi connectivity index (χ0v) is 29.4. The summed E-state index contributed by atoms with van der Waals surface area (Å²) in [6.45, 7) is 7.38. The van der Waals surface area contributed by atoms with Gasteiger partial charge in [-0.3, -0.25) is 9.52 Å². The number of carbonyl (C=O) groups excluding carboxylic acids is 1. The average molecular weight is 752 g/mol. The molecule has 0 spiro atoms. The smallest absolute Gasteiger partial charge is 0.416 e. The van der Waals surface area contributed by atoms with Crippen molar-refractivity contribution in [3.8, 4) is 11.6 Å². The molecule has 2 aromatic heterocycles. The fraction of sp³-hybridized carbons (Fsp3) is 0.147. The SMILES string of the molecule is Cc1cccc(C)c1C(=O)c1ncc(Cl)cc1NS(=O)(=O)c1cc(C(F)(F)F)ccc1Cl.Cc1cccc(C)c1Oc1ncc(Cl)cc1N. The Balaban J connectivity index is 0.000000266. The van der Waals surface area contributed by atoms with Gasteiger partial charge in [0.15, 0.2) is 0 Å². The number of pyridine rings is 2. The van der Waals surface area contributed by atoms with Crippen molar-refractivity contribution in [2.45, 2.75) is 38.8 Å². The molecule has 49 heavy (non-hydrogen) atoms. The Morgan fingerprint density at radius 3 is 1.94 bits per heavy atom. The topological polar surface area (TPSA) is 124 Å². The summed E-state index contributed by atoms with van der Waals surface area (Å²) in [5.74, 6) is 0.589. The van der Waals surface area contributed by atoms with E-state index in [0.717, 1.165) is 35.2 Å². The minimum Gasteiger partial charge on any atom is -0.437 e. The van der Waals surface area contributed by atoms with E-state index in [9.17, 15) is 26.4 Å². The number of ketones is 1. The lowest BCUT2D eigenvalue weighted by atomic mass is 9.97. The standard InChI is InChI=1S/C21H15Cl2F3N2O3S.C13H13ClN2O/c1-11-4-3-5-12(2)18(11)20(29)19-16(9-14(22)10-27-19)28-32(30,31)17-8-13(21(24,25)26)6-7-15(17)23;1-8-4-3-5-9(2)12(8)17-13-11(15)6-10(14)7-16-13/h3-10,28H,1-2H3;3-7H,15H2,1-2H3. The normalized spacial score (nSPS) is 11.4. The molecule has 0 amide bonds. The minimum atomic E-state index is -4.78. The summed E-state index contributed by atoms with van der Waals surface area (Å²) in [6, 6.07) is 15.8. The Morgan fingerprint density at radius 1 is 0.816 bits per heavy atom. The Kier molecular flexibility index (Phi) is 11.5. The zero-order chi connectivity index (χ0) is 36.3. The maximum absolute atomic E-state index is 13.2. The molecule has 0 unspecified atom stereocenters. The number of halogens is 6. The van der Waals surface area contributed by atoms with E-state index in [4.69, 9.17) is 45.3 Å². The highest BCUT2D eigenvalue weighted by atomic mass is 35.5. The summed E-state index contributed by atoms with van der Waals surface area (Å²) in [4.78, 5) is 20.4. The van der Waals surface area contributed by atoms with Gasteiger partial charge in [0.1, 0.15) is 16.3 Å². The van der Waals surface area contributed by atoms with E-state index in [0.29, 0.717) is 45.4 Å². The number of aryl methyl sites for hydroxylation is 4. The summed E-state index contributed by atoms with van der Waals surface area (Å²) in [6.07, 6.45) is -2.10. The summed E-state index contributed by atoms with van der Waals surface area (Å²) < 4.78 is 72.9. The molecule has 0 aliphatic rings. The molecule has 256 valence electrons. The third-order valence-corrected chi connectivity index (χ3v) is 9.28. The minimum absolute atomic E-state index is 0.0101. The van der Waals surface area contributed by atoms with Crippen LogP contribution in [-0.4, -0.2) is 24.2 Å². The van der Waals surface area contributed by atoms with Gasteiger partial charge in [-0.05, 0) is 80.3 Å². The number of aromatic nitrogens is 2. The van der Waals surface area contributed by atoms with Crippen LogP contribution in [-0.2, 0) is 16.2 Å². The lowest BCUT2D eigenvalue weighted by Gasteiger charge is -2.15. The molecule has 5 rings (SSSR count). The third-order valence-electron chi connectivity index (χ3n) is 7.02. The van der Waals surface area contributed by atoms with Gasteiger partial charge in [0.05, 0.1) is 32.0 Å². The Morgan fingerprint density at radius 2 is 1.37 bits per heavy atom. The van der Waals surface area contributed by atoms with Crippen molar-refractivity contribution in [1.82, 2.24) is 9.97 Å². The molecule has 2 heterocycles. The van der Waals surface area contributed by atoms with Crippen LogP contribution < -0.4 is 15.2 Å². The molecule has 0 radical (unpaired) electrons. The first-order valence-corrected chi connectivity index (χ1v) is 16.8. The number of sulfonamides is 1. The molecule has 5 aromatic rings. The number of nitrogens with one attached hydrogen (secondary N) is 1. The van der Waals surface area contributed by atoms with E-state index in [2.05, 4.69) is 14.7 Å². The molecule has 15 heteroatoms. The summed E-state index contributed by atoms with van der Waals surface area (Å²) in [5.41, 5.74) is 8.16. The number of hydrogen-bond donors (Lipinski definition) is 2. The van der Waals surface area contributed by atoms with Gasteiger partial charge >= 0.3 is 6.18 Å². The van der Waals surface area contributed by atoms with Crippen LogP contribution in [0.3, 0.4) is 0 Å². The van der Waals surface area contributed by atoms with Crippen LogP contribution in [0.5, 0.6) is 11.6 Å². The lowest BCUT2D eigenvalue weighted by molar-refractivity contribution is -0.137. The van der Waals surface area contributed by atoms with Crippen molar-refractivity contribution in [2.24, 2.45) is 0 Å². The lowest BCUT2D eigenvalue weighted by Crippen LogP contribution is -2.19. The molecule has 0 aliphatic heterocycles. The number of nitrogens with zero attached hydrogens (tertiary/aromatic N) is 2. The maximum atomic E-state index is 13.2. The number of rotatable bonds is 7. The van der Waals surface area contributed by atoms with Gasteiger partial charge in [-0.15, -0.1) is 0 Å². The van der Waals surface area contributed by atoms with E-state index >= 15 is 0 Å². The van der Waals surface area contributed by atoms with Gasteiger partial charge < -0.3 is 10.5 Å². The van der Waals surface area contributed by atoms with Crippen LogP contribution in [0.4, 0.5) is 24.5 Å². The predicted octanol–water partition coefficient (Wildman–Crippen LogP) is 9.78. The van der Waals surface area contributed by atoms with Gasteiger partial charge in [0.25, 0.3) is 10.0 Å². The second-order valence-corrected chi connectivity index (χ2v) is 13.7. The molecule has 3 N–H and O–H groups in total. The Bertz CT molecular complexity index is 2120. The first-order chi connectivity index (χ1) is 22.9. The maximum Gasteiger partial charge on any atom is 0.416 e. The second kappa shape index (κ2) is 15.0. The number of para-hydroxylation sites is 1. The molecule has 0 aliphatic carbocycles. The van der Waals surface area contributed by atoms with Gasteiger partial charge in [-0.25, -0.2) is 18.4 Å². The number of benzene rings is 3. The number of nitrogen functional groups attached to an aromatic ring is 1. The van der Waals surface area contributed by atoms with Crippen molar-refractivity contribution >= 4 is 62.0 Å². The fourth-order valence-electron chi connectivity index (χ4n) is 4.66. The Hall–Kier alpha value is -4.36. The van der Waals surface area contributed by atoms with Crippen LogP contribution in [0.15, 0.2) is 84.0 Å². The van der Waals surface area contributed by atoms with Crippen LogP contribution >= 0.6 is 34.8 Å². The fourth-order valence-corrected chi connectivity index (χ4v) is 6.57. The number of alkyl halides is 3. The number of hydrogen-bond acceptors (Lipinski definition) is 7. The van der Waals surface area contributed by atoms with Crippen molar-refractivity contribution < 1.29 is 31.1 Å². The van der Waals surface area contributed by atoms with Crippen LogP contribution in [0.1, 0.15) is 43.9 Å². The monoisotopic (exact) mass is 750 g/mol. The highest BCUT2D eigenvalue weighted by Gasteiger charge is 2.33. The molecular weight excluding hydrogens is 724 g/mol. The number of nitrogens with two attached hydrogens (primary N) is 1. The summed E-state index contributed by atoms with van der Waals surface area (Å²) in [7, 11) is -4.63. The van der Waals surface area contributed by atoms with Crippen molar-refractivity contribution in [2.75, 3.05) is 10.5 Å². The van der Waals surface area contributed by atoms with Gasteiger partial charge in [0.2, 0.25) is 11.7 Å². The molecule has 8 nitrogen and oxygen atoms in total. The average Bonchev–Trinajstić information content (AvgIpc) is 2.99. The van der Waals surface area contributed by atoms with Crippen molar-refractivity contribution in [3.05, 3.63) is 133 Å². The molecule has 3 aromatic carbocycles. The predicted molar refractivity (Wildman–Crippen MR) is 186 cm³/mol. The van der Waals surface area contributed by atoms with E-state index in [1.54, 1.807) is 38.1 Å². The van der Waals surface area contributed by atoms with E-state index in [1.807, 2.05) is 32.0 Å². The van der Waals surface area contributed by atoms with Crippen molar-refractivity contribution in [3.63, 3.8) is 0 Å². The highest BCUT2D eigenvalue weighted by molar-refractivity contribution is 7.92.